The van der Waals surface area contributed by atoms with Crippen LogP contribution in [-0.2, 0) is 6.18 Å². The quantitative estimate of drug-likeness (QED) is 0.456. The molecule has 0 spiro atoms. The molecular weight excluding hydrogens is 361 g/mol. The van der Waals surface area contributed by atoms with Crippen LogP contribution >= 0.6 is 0 Å². The van der Waals surface area contributed by atoms with Crippen LogP contribution in [0.25, 0.3) is 22.4 Å². The van der Waals surface area contributed by atoms with E-state index in [-0.39, 0.29) is 27.9 Å². The number of pyridine rings is 1. The number of nitrogens with zero attached hydrogens (tertiary/aromatic N) is 1. The minimum Gasteiger partial charge on any atom is -0.256 e. The first kappa shape index (κ1) is 19.0. The van der Waals surface area contributed by atoms with Gasteiger partial charge in [0.1, 0.15) is 11.6 Å². The van der Waals surface area contributed by atoms with Crippen molar-refractivity contribution in [3.8, 4) is 22.4 Å². The first-order valence-corrected chi connectivity index (χ1v) is 8.19. The van der Waals surface area contributed by atoms with Crippen LogP contribution < -0.4 is 0 Å². The lowest BCUT2D eigenvalue weighted by molar-refractivity contribution is -0.137. The van der Waals surface area contributed by atoms with Gasteiger partial charge in [-0.1, -0.05) is 12.1 Å². The van der Waals surface area contributed by atoms with Crippen LogP contribution in [0.3, 0.4) is 0 Å². The second-order valence-corrected chi connectivity index (χ2v) is 6.55. The van der Waals surface area contributed by atoms with E-state index in [1.54, 1.807) is 18.3 Å². The Morgan fingerprint density at radius 2 is 1.52 bits per heavy atom. The second-order valence-electron chi connectivity index (χ2n) is 6.55. The number of aryl methyl sites for hydroxylation is 3. The molecule has 0 aliphatic carbocycles. The molecule has 0 N–H and O–H groups in total. The fourth-order valence-corrected chi connectivity index (χ4v) is 2.93. The SMILES string of the molecule is Cc1ccc(-c2cc(C)c(F)c(-c3cc(C)cc(C(F)(F)F)c3)c2F)nc1. The Kier molecular flexibility index (Phi) is 4.76. The van der Waals surface area contributed by atoms with E-state index in [1.165, 1.54) is 26.0 Å². The maximum absolute atomic E-state index is 15.2. The fourth-order valence-electron chi connectivity index (χ4n) is 2.93. The smallest absolute Gasteiger partial charge is 0.256 e. The van der Waals surface area contributed by atoms with E-state index < -0.39 is 28.9 Å². The van der Waals surface area contributed by atoms with Crippen molar-refractivity contribution in [3.63, 3.8) is 0 Å². The average molecular weight is 377 g/mol. The molecule has 3 rings (SSSR count). The van der Waals surface area contributed by atoms with Crippen LogP contribution in [0.5, 0.6) is 0 Å². The zero-order valence-electron chi connectivity index (χ0n) is 14.9. The molecule has 0 aliphatic heterocycles. The van der Waals surface area contributed by atoms with E-state index >= 15 is 4.39 Å². The van der Waals surface area contributed by atoms with Gasteiger partial charge >= 0.3 is 6.18 Å². The maximum atomic E-state index is 15.2. The lowest BCUT2D eigenvalue weighted by Crippen LogP contribution is -2.06. The minimum atomic E-state index is -4.61. The summed E-state index contributed by atoms with van der Waals surface area (Å²) in [6.07, 6.45) is -3.07. The number of halogens is 5. The van der Waals surface area contributed by atoms with Crippen molar-refractivity contribution < 1.29 is 22.0 Å². The summed E-state index contributed by atoms with van der Waals surface area (Å²) in [6.45, 7) is 4.71. The molecule has 0 unspecified atom stereocenters. The summed E-state index contributed by atoms with van der Waals surface area (Å²) in [5.41, 5.74) is -0.0189. The molecule has 0 atom stereocenters. The number of rotatable bonds is 2. The summed E-state index contributed by atoms with van der Waals surface area (Å²) >= 11 is 0. The molecule has 0 radical (unpaired) electrons. The van der Waals surface area contributed by atoms with Gasteiger partial charge in [-0.15, -0.1) is 0 Å². The van der Waals surface area contributed by atoms with E-state index in [9.17, 15) is 17.6 Å². The summed E-state index contributed by atoms with van der Waals surface area (Å²) in [6, 6.07) is 7.67. The van der Waals surface area contributed by atoms with E-state index in [0.29, 0.717) is 0 Å². The van der Waals surface area contributed by atoms with Gasteiger partial charge in [0, 0.05) is 11.8 Å². The Morgan fingerprint density at radius 1 is 0.815 bits per heavy atom. The number of aromatic nitrogens is 1. The Hall–Kier alpha value is -2.76. The highest BCUT2D eigenvalue weighted by Crippen LogP contribution is 2.38. The van der Waals surface area contributed by atoms with Gasteiger partial charge in [0.15, 0.2) is 0 Å². The van der Waals surface area contributed by atoms with E-state index in [2.05, 4.69) is 4.98 Å². The molecule has 0 saturated heterocycles. The zero-order valence-corrected chi connectivity index (χ0v) is 14.9. The van der Waals surface area contributed by atoms with E-state index in [0.717, 1.165) is 17.7 Å². The van der Waals surface area contributed by atoms with Crippen molar-refractivity contribution in [2.45, 2.75) is 26.9 Å². The van der Waals surface area contributed by atoms with Crippen molar-refractivity contribution in [3.05, 3.63) is 76.5 Å². The standard InChI is InChI=1S/C21H16F5N/c1-11-4-5-17(27-10-11)16-8-13(3)19(22)18(20(16)23)14-6-12(2)7-15(9-14)21(24,25)26/h4-10H,1-3H3. The van der Waals surface area contributed by atoms with Crippen LogP contribution in [0.4, 0.5) is 22.0 Å². The molecule has 0 bridgehead atoms. The van der Waals surface area contributed by atoms with Gasteiger partial charge < -0.3 is 0 Å². The second kappa shape index (κ2) is 6.76. The lowest BCUT2D eigenvalue weighted by Gasteiger charge is -2.15. The summed E-state index contributed by atoms with van der Waals surface area (Å²) in [4.78, 5) is 4.15. The zero-order chi connectivity index (χ0) is 19.9. The Bertz CT molecular complexity index is 1000. The van der Waals surface area contributed by atoms with Gasteiger partial charge in [-0.3, -0.25) is 4.98 Å². The molecule has 27 heavy (non-hydrogen) atoms. The number of hydrogen-bond donors (Lipinski definition) is 0. The molecule has 6 heteroatoms. The van der Waals surface area contributed by atoms with Gasteiger partial charge in [-0.2, -0.15) is 13.2 Å². The molecule has 140 valence electrons. The molecule has 1 heterocycles. The highest BCUT2D eigenvalue weighted by atomic mass is 19.4. The molecule has 1 aromatic heterocycles. The Morgan fingerprint density at radius 3 is 2.11 bits per heavy atom. The highest BCUT2D eigenvalue weighted by Gasteiger charge is 2.32. The first-order chi connectivity index (χ1) is 12.6. The summed E-state index contributed by atoms with van der Waals surface area (Å²) in [7, 11) is 0. The predicted octanol–water partition coefficient (Wildman–Crippen LogP) is 6.64. The van der Waals surface area contributed by atoms with Gasteiger partial charge in [0.05, 0.1) is 16.8 Å². The summed E-state index contributed by atoms with van der Waals surface area (Å²) in [5.74, 6) is -1.82. The average Bonchev–Trinajstić information content (AvgIpc) is 2.58. The number of alkyl halides is 3. The fraction of sp³-hybridized carbons (Fsp3) is 0.190. The molecule has 0 fully saturated rings. The van der Waals surface area contributed by atoms with Crippen molar-refractivity contribution in [1.29, 1.82) is 0 Å². The molecule has 0 aliphatic rings. The summed E-state index contributed by atoms with van der Waals surface area (Å²) in [5, 5.41) is 0. The van der Waals surface area contributed by atoms with Crippen LogP contribution in [0.1, 0.15) is 22.3 Å². The van der Waals surface area contributed by atoms with Crippen LogP contribution in [0.2, 0.25) is 0 Å². The number of benzene rings is 2. The van der Waals surface area contributed by atoms with Crippen molar-refractivity contribution in [2.24, 2.45) is 0 Å². The maximum Gasteiger partial charge on any atom is 0.416 e. The topological polar surface area (TPSA) is 12.9 Å². The van der Waals surface area contributed by atoms with E-state index in [1.807, 2.05) is 6.92 Å². The van der Waals surface area contributed by atoms with Gasteiger partial charge in [-0.25, -0.2) is 8.78 Å². The van der Waals surface area contributed by atoms with Crippen molar-refractivity contribution in [1.82, 2.24) is 4.98 Å². The third-order valence-corrected chi connectivity index (χ3v) is 4.26. The van der Waals surface area contributed by atoms with E-state index in [4.69, 9.17) is 0 Å². The third-order valence-electron chi connectivity index (χ3n) is 4.26. The predicted molar refractivity (Wildman–Crippen MR) is 94.2 cm³/mol. The molecular formula is C21H16F5N. The highest BCUT2D eigenvalue weighted by molar-refractivity contribution is 5.75. The molecule has 1 nitrogen and oxygen atoms in total. The van der Waals surface area contributed by atoms with Gasteiger partial charge in [0.2, 0.25) is 0 Å². The van der Waals surface area contributed by atoms with Crippen molar-refractivity contribution >= 4 is 0 Å². The largest absolute Gasteiger partial charge is 0.416 e. The normalized spacial score (nSPS) is 11.7. The van der Waals surface area contributed by atoms with Gasteiger partial charge in [0.25, 0.3) is 0 Å². The van der Waals surface area contributed by atoms with Crippen LogP contribution in [0, 0.1) is 32.4 Å². The number of hydrogen-bond acceptors (Lipinski definition) is 1. The Labute approximate surface area is 153 Å². The molecule has 0 saturated carbocycles. The van der Waals surface area contributed by atoms with Crippen molar-refractivity contribution in [2.75, 3.05) is 0 Å². The van der Waals surface area contributed by atoms with Gasteiger partial charge in [-0.05, 0) is 67.3 Å². The lowest BCUT2D eigenvalue weighted by atomic mass is 9.94. The third kappa shape index (κ3) is 3.70. The van der Waals surface area contributed by atoms with Crippen LogP contribution in [-0.4, -0.2) is 4.98 Å². The molecule has 2 aromatic carbocycles. The first-order valence-electron chi connectivity index (χ1n) is 8.19. The molecule has 3 aromatic rings. The minimum absolute atomic E-state index is 0.0407. The van der Waals surface area contributed by atoms with Crippen LogP contribution in [0.15, 0.2) is 42.6 Å². The Balaban J connectivity index is 2.28. The summed E-state index contributed by atoms with van der Waals surface area (Å²) < 4.78 is 69.3. The monoisotopic (exact) mass is 377 g/mol. The molecule has 0 amide bonds.